The summed E-state index contributed by atoms with van der Waals surface area (Å²) >= 11 is 0. The van der Waals surface area contributed by atoms with Gasteiger partial charge in [-0.2, -0.15) is 4.98 Å². The second kappa shape index (κ2) is 7.31. The van der Waals surface area contributed by atoms with Gasteiger partial charge in [-0.1, -0.05) is 5.16 Å². The highest BCUT2D eigenvalue weighted by Crippen LogP contribution is 1.96. The first kappa shape index (κ1) is 14.9. The van der Waals surface area contributed by atoms with Crippen LogP contribution < -0.4 is 10.6 Å². The van der Waals surface area contributed by atoms with E-state index in [1.165, 1.54) is 0 Å². The molecule has 1 aromatic heterocycles. The van der Waals surface area contributed by atoms with Crippen LogP contribution in [0.1, 0.15) is 18.1 Å². The topological polar surface area (TPSA) is 138 Å². The SMILES string of the molecule is Cc1noc(CCNC(=O)N[C@@H](CCO)C(=O)O)n1. The number of nitrogens with zero attached hydrogens (tertiary/aromatic N) is 2. The summed E-state index contributed by atoms with van der Waals surface area (Å²) in [6.45, 7) is 1.59. The lowest BCUT2D eigenvalue weighted by molar-refractivity contribution is -0.139. The van der Waals surface area contributed by atoms with Crippen LogP contribution in [0.5, 0.6) is 0 Å². The van der Waals surface area contributed by atoms with E-state index in [0.717, 1.165) is 0 Å². The van der Waals surface area contributed by atoms with Gasteiger partial charge >= 0.3 is 12.0 Å². The third-order valence-corrected chi connectivity index (χ3v) is 2.22. The number of carbonyl (C=O) groups is 2. The summed E-state index contributed by atoms with van der Waals surface area (Å²) in [5.41, 5.74) is 0. The van der Waals surface area contributed by atoms with Gasteiger partial charge in [0.05, 0.1) is 0 Å². The molecule has 0 bridgehead atoms. The van der Waals surface area contributed by atoms with Crippen LogP contribution in [0.4, 0.5) is 4.79 Å². The monoisotopic (exact) mass is 272 g/mol. The summed E-state index contributed by atoms with van der Waals surface area (Å²) in [5.74, 6) is -0.298. The van der Waals surface area contributed by atoms with E-state index in [4.69, 9.17) is 14.7 Å². The molecule has 0 aliphatic rings. The third kappa shape index (κ3) is 5.34. The fourth-order valence-corrected chi connectivity index (χ4v) is 1.32. The Hall–Kier alpha value is -2.16. The Bertz CT molecular complexity index is 433. The van der Waals surface area contributed by atoms with E-state index in [2.05, 4.69) is 20.8 Å². The Kier molecular flexibility index (Phi) is 5.73. The first-order chi connectivity index (χ1) is 9.02. The van der Waals surface area contributed by atoms with Crippen LogP contribution in [0.25, 0.3) is 0 Å². The Morgan fingerprint density at radius 3 is 2.74 bits per heavy atom. The number of aliphatic hydroxyl groups excluding tert-OH is 1. The zero-order valence-electron chi connectivity index (χ0n) is 10.4. The minimum Gasteiger partial charge on any atom is -0.480 e. The van der Waals surface area contributed by atoms with Crippen LogP contribution in [0.15, 0.2) is 4.52 Å². The Morgan fingerprint density at radius 1 is 1.47 bits per heavy atom. The molecule has 2 amide bonds. The zero-order chi connectivity index (χ0) is 14.3. The van der Waals surface area contributed by atoms with E-state index in [-0.39, 0.29) is 19.6 Å². The number of carboxylic acids is 1. The van der Waals surface area contributed by atoms with Crippen molar-refractivity contribution in [3.8, 4) is 0 Å². The molecule has 1 aromatic rings. The normalized spacial score (nSPS) is 11.9. The molecule has 0 spiro atoms. The molecule has 0 aliphatic heterocycles. The largest absolute Gasteiger partial charge is 0.480 e. The standard InChI is InChI=1S/C10H16N4O5/c1-6-12-8(19-14-6)2-4-11-10(18)13-7(3-5-15)9(16)17/h7,15H,2-5H2,1H3,(H,16,17)(H2,11,13,18)/t7-/m0/s1. The van der Waals surface area contributed by atoms with Crippen LogP contribution in [0.3, 0.4) is 0 Å². The molecule has 0 aromatic carbocycles. The van der Waals surface area contributed by atoms with Gasteiger partial charge < -0.3 is 25.4 Å². The number of nitrogens with one attached hydrogen (secondary N) is 2. The quantitative estimate of drug-likeness (QED) is 0.502. The Labute approximate surface area is 109 Å². The molecule has 0 unspecified atom stereocenters. The molecule has 0 fully saturated rings. The van der Waals surface area contributed by atoms with E-state index < -0.39 is 18.0 Å². The molecule has 1 atom stereocenters. The highest BCUT2D eigenvalue weighted by Gasteiger charge is 2.18. The summed E-state index contributed by atoms with van der Waals surface area (Å²) < 4.78 is 4.84. The molecule has 0 radical (unpaired) electrons. The van der Waals surface area contributed by atoms with Crippen molar-refractivity contribution in [3.05, 3.63) is 11.7 Å². The maximum absolute atomic E-state index is 11.4. The predicted octanol–water partition coefficient (Wildman–Crippen LogP) is -0.945. The van der Waals surface area contributed by atoms with E-state index in [9.17, 15) is 9.59 Å². The molecule has 0 saturated carbocycles. The van der Waals surface area contributed by atoms with Crippen LogP contribution in [0, 0.1) is 6.92 Å². The molecular formula is C10H16N4O5. The summed E-state index contributed by atoms with van der Waals surface area (Å²) in [6, 6.07) is -1.74. The number of aliphatic hydroxyl groups is 1. The molecule has 4 N–H and O–H groups in total. The van der Waals surface area contributed by atoms with Crippen molar-refractivity contribution in [2.45, 2.75) is 25.8 Å². The van der Waals surface area contributed by atoms with Crippen molar-refractivity contribution < 1.29 is 24.3 Å². The second-order valence-electron chi connectivity index (χ2n) is 3.79. The van der Waals surface area contributed by atoms with E-state index >= 15 is 0 Å². The van der Waals surface area contributed by atoms with Gasteiger partial charge in [-0.25, -0.2) is 9.59 Å². The van der Waals surface area contributed by atoms with Crippen molar-refractivity contribution >= 4 is 12.0 Å². The maximum Gasteiger partial charge on any atom is 0.326 e. The van der Waals surface area contributed by atoms with Crippen LogP contribution in [0.2, 0.25) is 0 Å². The average Bonchev–Trinajstić information content (AvgIpc) is 2.74. The predicted molar refractivity (Wildman–Crippen MR) is 62.4 cm³/mol. The fraction of sp³-hybridized carbons (Fsp3) is 0.600. The van der Waals surface area contributed by atoms with E-state index in [0.29, 0.717) is 18.1 Å². The summed E-state index contributed by atoms with van der Waals surface area (Å²) in [7, 11) is 0. The Morgan fingerprint density at radius 2 is 2.21 bits per heavy atom. The average molecular weight is 272 g/mol. The minimum atomic E-state index is -1.20. The molecule has 106 valence electrons. The molecule has 0 saturated heterocycles. The number of rotatable bonds is 7. The molecular weight excluding hydrogens is 256 g/mol. The molecule has 19 heavy (non-hydrogen) atoms. The van der Waals surface area contributed by atoms with Crippen LogP contribution >= 0.6 is 0 Å². The van der Waals surface area contributed by atoms with Crippen LogP contribution in [-0.2, 0) is 11.2 Å². The molecule has 9 nitrogen and oxygen atoms in total. The van der Waals surface area contributed by atoms with Gasteiger partial charge in [0.2, 0.25) is 5.89 Å². The highest BCUT2D eigenvalue weighted by molar-refractivity contribution is 5.82. The smallest absolute Gasteiger partial charge is 0.326 e. The lowest BCUT2D eigenvalue weighted by Gasteiger charge is -2.13. The van der Waals surface area contributed by atoms with Gasteiger partial charge in [-0.15, -0.1) is 0 Å². The van der Waals surface area contributed by atoms with Crippen LogP contribution in [-0.4, -0.2) is 51.5 Å². The maximum atomic E-state index is 11.4. The van der Waals surface area contributed by atoms with Gasteiger partial charge in [0.1, 0.15) is 6.04 Å². The Balaban J connectivity index is 2.28. The van der Waals surface area contributed by atoms with Crippen molar-refractivity contribution in [1.82, 2.24) is 20.8 Å². The number of amides is 2. The van der Waals surface area contributed by atoms with Crippen molar-refractivity contribution in [3.63, 3.8) is 0 Å². The summed E-state index contributed by atoms with van der Waals surface area (Å²) in [6.07, 6.45) is 0.303. The molecule has 1 heterocycles. The third-order valence-electron chi connectivity index (χ3n) is 2.22. The fourth-order valence-electron chi connectivity index (χ4n) is 1.32. The lowest BCUT2D eigenvalue weighted by atomic mass is 10.2. The number of hydrogen-bond donors (Lipinski definition) is 4. The number of aliphatic carboxylic acids is 1. The number of carboxylic acid groups (broad SMARTS) is 1. The minimum absolute atomic E-state index is 0.0500. The number of carbonyl (C=O) groups excluding carboxylic acids is 1. The second-order valence-corrected chi connectivity index (χ2v) is 3.79. The van der Waals surface area contributed by atoms with Crippen molar-refractivity contribution in [2.24, 2.45) is 0 Å². The first-order valence-electron chi connectivity index (χ1n) is 5.70. The van der Waals surface area contributed by atoms with E-state index in [1.54, 1.807) is 6.92 Å². The van der Waals surface area contributed by atoms with Crippen molar-refractivity contribution in [2.75, 3.05) is 13.2 Å². The van der Waals surface area contributed by atoms with Crippen molar-refractivity contribution in [1.29, 1.82) is 0 Å². The highest BCUT2D eigenvalue weighted by atomic mass is 16.5. The molecule has 0 aliphatic carbocycles. The summed E-state index contributed by atoms with van der Waals surface area (Å²) in [5, 5.41) is 25.7. The molecule has 1 rings (SSSR count). The van der Waals surface area contributed by atoms with Gasteiger partial charge in [0.15, 0.2) is 5.82 Å². The number of urea groups is 1. The zero-order valence-corrected chi connectivity index (χ0v) is 10.4. The van der Waals surface area contributed by atoms with Gasteiger partial charge in [0.25, 0.3) is 0 Å². The van der Waals surface area contributed by atoms with Gasteiger partial charge in [-0.05, 0) is 6.92 Å². The number of aromatic nitrogens is 2. The lowest BCUT2D eigenvalue weighted by Crippen LogP contribution is -2.46. The van der Waals surface area contributed by atoms with Gasteiger partial charge in [-0.3, -0.25) is 0 Å². The number of hydrogen-bond acceptors (Lipinski definition) is 6. The number of aryl methyl sites for hydroxylation is 1. The van der Waals surface area contributed by atoms with E-state index in [1.807, 2.05) is 0 Å². The first-order valence-corrected chi connectivity index (χ1v) is 5.70. The molecule has 9 heteroatoms. The van der Waals surface area contributed by atoms with Gasteiger partial charge in [0, 0.05) is 26.0 Å². The summed E-state index contributed by atoms with van der Waals surface area (Å²) in [4.78, 5) is 26.1.